The molecule has 0 aliphatic carbocycles. The minimum absolute atomic E-state index is 0.0512. The topological polar surface area (TPSA) is 109 Å². The first kappa shape index (κ1) is 49.0. The predicted octanol–water partition coefficient (Wildman–Crippen LogP) is 13.7. The molecule has 1 heterocycles. The molecule has 4 aromatic rings. The summed E-state index contributed by atoms with van der Waals surface area (Å²) in [5, 5.41) is 3.29. The maximum absolute atomic E-state index is 13.9. The molecular weight excluding hydrogens is 763 g/mol. The van der Waals surface area contributed by atoms with E-state index in [0.29, 0.717) is 54.2 Å². The van der Waals surface area contributed by atoms with E-state index in [1.807, 2.05) is 19.1 Å². The van der Waals surface area contributed by atoms with E-state index in [4.69, 9.17) is 19.2 Å². The Morgan fingerprint density at radius 2 is 1.39 bits per heavy atom. The van der Waals surface area contributed by atoms with Gasteiger partial charge in [-0.25, -0.2) is 14.6 Å². The molecule has 0 bridgehead atoms. The lowest BCUT2D eigenvalue weighted by atomic mass is 9.76. The van der Waals surface area contributed by atoms with Crippen LogP contribution in [-0.2, 0) is 26.8 Å². The second-order valence-electron chi connectivity index (χ2n) is 18.1. The minimum Gasteiger partial charge on any atom is -0.493 e. The number of carbonyl (C=O) groups is 2. The highest BCUT2D eigenvalue weighted by molar-refractivity contribution is 5.93. The Balaban J connectivity index is 1.35. The van der Waals surface area contributed by atoms with Gasteiger partial charge in [0.1, 0.15) is 5.75 Å². The number of unbranched alkanes of at least 4 members (excludes halogenated alkanes) is 11. The Bertz CT molecular complexity index is 2070. The van der Waals surface area contributed by atoms with Gasteiger partial charge in [-0.15, -0.1) is 0 Å². The van der Waals surface area contributed by atoms with Crippen molar-refractivity contribution >= 4 is 28.7 Å². The summed E-state index contributed by atoms with van der Waals surface area (Å²) in [6.07, 6.45) is 15.8. The van der Waals surface area contributed by atoms with E-state index in [-0.39, 0.29) is 16.4 Å². The highest BCUT2D eigenvalue weighted by Gasteiger charge is 2.27. The van der Waals surface area contributed by atoms with Gasteiger partial charge in [0.25, 0.3) is 5.56 Å². The maximum Gasteiger partial charge on any atom is 0.412 e. The molecule has 0 saturated heterocycles. The van der Waals surface area contributed by atoms with Crippen LogP contribution in [0.25, 0.3) is 10.9 Å². The number of hydrogen-bond acceptors (Lipinski definition) is 7. The number of anilines is 1. The van der Waals surface area contributed by atoms with Crippen LogP contribution >= 0.6 is 0 Å². The number of para-hydroxylation sites is 1. The summed E-state index contributed by atoms with van der Waals surface area (Å²) in [5.74, 6) is 0.765. The molecule has 0 saturated carbocycles. The molecule has 1 atom stereocenters. The van der Waals surface area contributed by atoms with Crippen LogP contribution in [0.4, 0.5) is 10.5 Å². The highest BCUT2D eigenvalue weighted by Crippen LogP contribution is 2.38. The molecule has 1 unspecified atom stereocenters. The van der Waals surface area contributed by atoms with Crippen molar-refractivity contribution in [2.45, 2.75) is 182 Å². The smallest absolute Gasteiger partial charge is 0.412 e. The standard InChI is InChI=1S/C52H75N3O6/c1-10-13-14-15-16-17-18-19-20-21-22-25-34-60-49(57)40-30-29-38(4)45(36-40)54-50(58)61-39(5)47-53-44-28-24-23-27-42(44)48(56)55(47)33-26-35-59-46-32-31-41(51(6,7)11-2)37-43(46)52(8,9)12-3/h23-24,27-32,36-37,39H,10-22,25-26,33-35H2,1-9H3,(H,54,58). The van der Waals surface area contributed by atoms with E-state index < -0.39 is 18.2 Å². The summed E-state index contributed by atoms with van der Waals surface area (Å²) in [6, 6.07) is 18.8. The summed E-state index contributed by atoms with van der Waals surface area (Å²) >= 11 is 0. The summed E-state index contributed by atoms with van der Waals surface area (Å²) in [5.41, 5.74) is 4.32. The second-order valence-corrected chi connectivity index (χ2v) is 18.1. The Morgan fingerprint density at radius 1 is 0.754 bits per heavy atom. The molecule has 0 aliphatic heterocycles. The minimum atomic E-state index is -0.867. The Labute approximate surface area is 366 Å². The third kappa shape index (κ3) is 14.5. The number of nitrogens with one attached hydrogen (secondary N) is 1. The molecule has 1 N–H and O–H groups in total. The quantitative estimate of drug-likeness (QED) is 0.0495. The molecule has 0 spiro atoms. The Hall–Kier alpha value is -4.66. The molecule has 334 valence electrons. The molecule has 1 aromatic heterocycles. The van der Waals surface area contributed by atoms with Crippen molar-refractivity contribution in [3.05, 3.63) is 99.1 Å². The van der Waals surface area contributed by atoms with Gasteiger partial charge in [-0.2, -0.15) is 0 Å². The number of nitrogens with zero attached hydrogens (tertiary/aromatic N) is 2. The average molecular weight is 838 g/mol. The van der Waals surface area contributed by atoms with E-state index in [1.165, 1.54) is 68.9 Å². The fraction of sp³-hybridized carbons (Fsp3) is 0.577. The lowest BCUT2D eigenvalue weighted by Gasteiger charge is -2.30. The van der Waals surface area contributed by atoms with Gasteiger partial charge < -0.3 is 14.2 Å². The van der Waals surface area contributed by atoms with E-state index in [9.17, 15) is 14.4 Å². The van der Waals surface area contributed by atoms with Crippen molar-refractivity contribution in [1.29, 1.82) is 0 Å². The van der Waals surface area contributed by atoms with Crippen molar-refractivity contribution in [3.8, 4) is 5.75 Å². The number of ether oxygens (including phenoxy) is 3. The van der Waals surface area contributed by atoms with Gasteiger partial charge in [0.05, 0.1) is 29.7 Å². The number of hydrogen-bond donors (Lipinski definition) is 1. The van der Waals surface area contributed by atoms with Gasteiger partial charge >= 0.3 is 12.1 Å². The van der Waals surface area contributed by atoms with Crippen molar-refractivity contribution < 1.29 is 23.8 Å². The summed E-state index contributed by atoms with van der Waals surface area (Å²) < 4.78 is 19.5. The lowest BCUT2D eigenvalue weighted by Crippen LogP contribution is -2.29. The molecule has 9 nitrogen and oxygen atoms in total. The van der Waals surface area contributed by atoms with Gasteiger partial charge in [0.2, 0.25) is 0 Å². The zero-order chi connectivity index (χ0) is 44.4. The zero-order valence-corrected chi connectivity index (χ0v) is 38.9. The van der Waals surface area contributed by atoms with Crippen LogP contribution in [0.2, 0.25) is 0 Å². The van der Waals surface area contributed by atoms with Crippen LogP contribution in [0.15, 0.2) is 65.5 Å². The van der Waals surface area contributed by atoms with Crippen LogP contribution in [0.1, 0.15) is 191 Å². The molecule has 1 amide bonds. The fourth-order valence-electron chi connectivity index (χ4n) is 7.54. The average Bonchev–Trinajstić information content (AvgIpc) is 3.25. The maximum atomic E-state index is 13.9. The number of esters is 1. The van der Waals surface area contributed by atoms with E-state index >= 15 is 0 Å². The predicted molar refractivity (Wildman–Crippen MR) is 250 cm³/mol. The first-order valence-electron chi connectivity index (χ1n) is 23.2. The van der Waals surface area contributed by atoms with Crippen LogP contribution in [-0.4, -0.2) is 34.8 Å². The number of aryl methyl sites for hydroxylation is 1. The highest BCUT2D eigenvalue weighted by atomic mass is 16.6. The first-order chi connectivity index (χ1) is 29.2. The normalized spacial score (nSPS) is 12.3. The van der Waals surface area contributed by atoms with Crippen molar-refractivity contribution in [2.75, 3.05) is 18.5 Å². The van der Waals surface area contributed by atoms with Gasteiger partial charge in [0, 0.05) is 17.8 Å². The molecular formula is C52H75N3O6. The molecule has 0 fully saturated rings. The van der Waals surface area contributed by atoms with Gasteiger partial charge in [-0.3, -0.25) is 14.7 Å². The summed E-state index contributed by atoms with van der Waals surface area (Å²) in [6.45, 7) is 20.3. The number of carbonyl (C=O) groups excluding carboxylic acids is 2. The van der Waals surface area contributed by atoms with Gasteiger partial charge in [-0.1, -0.05) is 149 Å². The number of fused-ring (bicyclic) bond motifs is 1. The first-order valence-corrected chi connectivity index (χ1v) is 23.2. The number of amides is 1. The largest absolute Gasteiger partial charge is 0.493 e. The van der Waals surface area contributed by atoms with Crippen molar-refractivity contribution in [1.82, 2.24) is 9.55 Å². The van der Waals surface area contributed by atoms with Gasteiger partial charge in [-0.05, 0) is 91.8 Å². The molecule has 61 heavy (non-hydrogen) atoms. The lowest BCUT2D eigenvalue weighted by molar-refractivity contribution is 0.0497. The molecule has 3 aromatic carbocycles. The number of aromatic nitrogens is 2. The summed E-state index contributed by atoms with van der Waals surface area (Å²) in [7, 11) is 0. The molecule has 4 rings (SSSR count). The molecule has 0 aliphatic rings. The third-order valence-corrected chi connectivity index (χ3v) is 12.5. The van der Waals surface area contributed by atoms with Crippen molar-refractivity contribution in [3.63, 3.8) is 0 Å². The Kier molecular flexibility index (Phi) is 19.4. The van der Waals surface area contributed by atoms with Crippen LogP contribution in [0.5, 0.6) is 5.75 Å². The second kappa shape index (κ2) is 24.1. The fourth-order valence-corrected chi connectivity index (χ4v) is 7.54. The van der Waals surface area contributed by atoms with Crippen LogP contribution < -0.4 is 15.6 Å². The number of benzene rings is 3. The van der Waals surface area contributed by atoms with Crippen LogP contribution in [0.3, 0.4) is 0 Å². The van der Waals surface area contributed by atoms with E-state index in [0.717, 1.165) is 43.4 Å². The molecule has 0 radical (unpaired) electrons. The molecule has 9 heteroatoms. The van der Waals surface area contributed by atoms with Crippen LogP contribution in [0, 0.1) is 6.92 Å². The summed E-state index contributed by atoms with van der Waals surface area (Å²) in [4.78, 5) is 45.0. The van der Waals surface area contributed by atoms with Crippen molar-refractivity contribution in [2.24, 2.45) is 0 Å². The van der Waals surface area contributed by atoms with E-state index in [1.54, 1.807) is 41.8 Å². The zero-order valence-electron chi connectivity index (χ0n) is 38.9. The SMILES string of the molecule is CCCCCCCCCCCCCCOC(=O)c1ccc(C)c(NC(=O)OC(C)c2nc3ccccc3c(=O)n2CCCOc2ccc(C(C)(C)CC)cc2C(C)(C)CC)c1. The number of rotatable bonds is 26. The van der Waals surface area contributed by atoms with Gasteiger partial charge in [0.15, 0.2) is 11.9 Å². The third-order valence-electron chi connectivity index (χ3n) is 12.5. The monoisotopic (exact) mass is 838 g/mol. The Morgan fingerprint density at radius 3 is 2.05 bits per heavy atom. The van der Waals surface area contributed by atoms with E-state index in [2.05, 4.69) is 72.0 Å².